The highest BCUT2D eigenvalue weighted by atomic mass is 16.1. The molecular formula is C21H21NO. The summed E-state index contributed by atoms with van der Waals surface area (Å²) in [5.74, 6) is 0.325. The van der Waals surface area contributed by atoms with Crippen molar-refractivity contribution in [2.45, 2.75) is 37.5 Å². The maximum absolute atomic E-state index is 12.2. The summed E-state index contributed by atoms with van der Waals surface area (Å²) in [4.78, 5) is 12.2. The molecular weight excluding hydrogens is 282 g/mol. The van der Waals surface area contributed by atoms with Gasteiger partial charge in [-0.05, 0) is 29.9 Å². The van der Waals surface area contributed by atoms with Crippen LogP contribution >= 0.6 is 0 Å². The van der Waals surface area contributed by atoms with E-state index in [1.165, 1.54) is 0 Å². The highest BCUT2D eigenvalue weighted by Crippen LogP contribution is 2.44. The number of carbonyl (C=O) groups excluding carboxylic acids is 1. The number of Topliss-reactive ketones (excluding diaryl/α,β-unsaturated/α-hetero) is 1. The van der Waals surface area contributed by atoms with Gasteiger partial charge in [-0.3, -0.25) is 4.79 Å². The number of rotatable bonds is 3. The van der Waals surface area contributed by atoms with Gasteiger partial charge in [0.2, 0.25) is 0 Å². The van der Waals surface area contributed by atoms with Crippen molar-refractivity contribution in [3.05, 3.63) is 71.8 Å². The summed E-state index contributed by atoms with van der Waals surface area (Å²) in [5, 5.41) is 10.3. The van der Waals surface area contributed by atoms with Gasteiger partial charge in [0, 0.05) is 12.8 Å². The smallest absolute Gasteiger partial charge is 0.133 e. The van der Waals surface area contributed by atoms with E-state index in [1.54, 1.807) is 0 Å². The van der Waals surface area contributed by atoms with E-state index in [4.69, 9.17) is 0 Å². The Balaban J connectivity index is 2.17. The summed E-state index contributed by atoms with van der Waals surface area (Å²) in [6.07, 6.45) is 4.03. The Morgan fingerprint density at radius 1 is 0.913 bits per heavy atom. The third-order valence-electron chi connectivity index (χ3n) is 4.98. The molecule has 0 aliphatic heterocycles. The molecule has 0 radical (unpaired) electrons. The van der Waals surface area contributed by atoms with Crippen LogP contribution < -0.4 is 0 Å². The summed E-state index contributed by atoms with van der Waals surface area (Å²) >= 11 is 0. The summed E-state index contributed by atoms with van der Waals surface area (Å²) in [7, 11) is 0. The van der Waals surface area contributed by atoms with Gasteiger partial charge in [-0.1, -0.05) is 67.1 Å². The largest absolute Gasteiger partial charge is 0.300 e. The Hall–Kier alpha value is -2.40. The molecule has 3 rings (SSSR count). The lowest BCUT2D eigenvalue weighted by molar-refractivity contribution is -0.119. The molecule has 2 heteroatoms. The van der Waals surface area contributed by atoms with E-state index in [-0.39, 0.29) is 5.92 Å². The van der Waals surface area contributed by atoms with Crippen molar-refractivity contribution >= 4 is 5.78 Å². The minimum absolute atomic E-state index is 0.0345. The van der Waals surface area contributed by atoms with Crippen molar-refractivity contribution in [2.24, 2.45) is 5.92 Å². The van der Waals surface area contributed by atoms with Crippen LogP contribution in [0.25, 0.3) is 0 Å². The van der Waals surface area contributed by atoms with Gasteiger partial charge in [-0.2, -0.15) is 5.26 Å². The van der Waals surface area contributed by atoms with Crippen LogP contribution in [0.5, 0.6) is 0 Å². The minimum atomic E-state index is -0.747. The van der Waals surface area contributed by atoms with Gasteiger partial charge in [0.1, 0.15) is 11.2 Å². The molecule has 1 aliphatic carbocycles. The molecule has 0 N–H and O–H groups in total. The molecule has 1 unspecified atom stereocenters. The highest BCUT2D eigenvalue weighted by molar-refractivity contribution is 5.79. The lowest BCUT2D eigenvalue weighted by Gasteiger charge is -2.35. The van der Waals surface area contributed by atoms with Gasteiger partial charge in [0.05, 0.1) is 6.07 Å². The lowest BCUT2D eigenvalue weighted by Crippen LogP contribution is -2.36. The Morgan fingerprint density at radius 3 is 2.00 bits per heavy atom. The van der Waals surface area contributed by atoms with E-state index in [9.17, 15) is 10.1 Å². The SMILES string of the molecule is N#CC(c1ccccc1)(c1ccccc1)C1CCCCC(=O)C1. The first-order valence-electron chi connectivity index (χ1n) is 8.31. The van der Waals surface area contributed by atoms with Crippen LogP contribution in [0.3, 0.4) is 0 Å². The average Bonchev–Trinajstić information content (AvgIpc) is 2.83. The number of hydrogen-bond acceptors (Lipinski definition) is 2. The van der Waals surface area contributed by atoms with E-state index >= 15 is 0 Å². The average molecular weight is 303 g/mol. The molecule has 1 atom stereocenters. The summed E-state index contributed by atoms with van der Waals surface area (Å²) in [6.45, 7) is 0. The monoisotopic (exact) mass is 303 g/mol. The third-order valence-corrected chi connectivity index (χ3v) is 4.98. The number of benzene rings is 2. The number of ketones is 1. The second-order valence-corrected chi connectivity index (χ2v) is 6.34. The van der Waals surface area contributed by atoms with Gasteiger partial charge in [0.25, 0.3) is 0 Å². The van der Waals surface area contributed by atoms with E-state index in [0.29, 0.717) is 18.6 Å². The molecule has 1 saturated carbocycles. The second kappa shape index (κ2) is 6.79. The van der Waals surface area contributed by atoms with Crippen LogP contribution in [0.1, 0.15) is 43.2 Å². The fourth-order valence-electron chi connectivity index (χ4n) is 3.82. The Morgan fingerprint density at radius 2 is 1.48 bits per heavy atom. The normalized spacial score (nSPS) is 18.9. The molecule has 1 aliphatic rings. The molecule has 0 aromatic heterocycles. The predicted octanol–water partition coefficient (Wildman–Crippen LogP) is 4.65. The van der Waals surface area contributed by atoms with Crippen LogP contribution in [-0.4, -0.2) is 5.78 Å². The fourth-order valence-corrected chi connectivity index (χ4v) is 3.82. The zero-order valence-corrected chi connectivity index (χ0v) is 13.2. The molecule has 23 heavy (non-hydrogen) atoms. The van der Waals surface area contributed by atoms with Crippen LogP contribution in [-0.2, 0) is 10.2 Å². The molecule has 2 aromatic rings. The van der Waals surface area contributed by atoms with Crippen LogP contribution in [0.4, 0.5) is 0 Å². The van der Waals surface area contributed by atoms with Crippen molar-refractivity contribution < 1.29 is 4.79 Å². The maximum atomic E-state index is 12.2. The van der Waals surface area contributed by atoms with Gasteiger partial charge >= 0.3 is 0 Å². The lowest BCUT2D eigenvalue weighted by atomic mass is 9.64. The second-order valence-electron chi connectivity index (χ2n) is 6.34. The zero-order valence-electron chi connectivity index (χ0n) is 13.2. The Labute approximate surface area is 137 Å². The van der Waals surface area contributed by atoms with Gasteiger partial charge < -0.3 is 0 Å². The van der Waals surface area contributed by atoms with E-state index in [2.05, 4.69) is 6.07 Å². The first-order valence-corrected chi connectivity index (χ1v) is 8.31. The van der Waals surface area contributed by atoms with E-state index in [1.807, 2.05) is 60.7 Å². The number of nitriles is 1. The van der Waals surface area contributed by atoms with Gasteiger partial charge in [0.15, 0.2) is 0 Å². The van der Waals surface area contributed by atoms with Crippen molar-refractivity contribution in [2.75, 3.05) is 0 Å². The fraction of sp³-hybridized carbons (Fsp3) is 0.333. The molecule has 0 bridgehead atoms. The molecule has 2 aromatic carbocycles. The molecule has 2 nitrogen and oxygen atoms in total. The predicted molar refractivity (Wildman–Crippen MR) is 90.9 cm³/mol. The zero-order chi connectivity index (χ0) is 16.1. The van der Waals surface area contributed by atoms with E-state index in [0.717, 1.165) is 30.4 Å². The number of carbonyl (C=O) groups is 1. The highest BCUT2D eigenvalue weighted by Gasteiger charge is 2.43. The minimum Gasteiger partial charge on any atom is -0.300 e. The summed E-state index contributed by atoms with van der Waals surface area (Å²) < 4.78 is 0. The van der Waals surface area contributed by atoms with Crippen LogP contribution in [0, 0.1) is 17.2 Å². The van der Waals surface area contributed by atoms with E-state index < -0.39 is 5.41 Å². The van der Waals surface area contributed by atoms with Crippen molar-refractivity contribution in [3.8, 4) is 6.07 Å². The quantitative estimate of drug-likeness (QED) is 0.775. The maximum Gasteiger partial charge on any atom is 0.133 e. The standard InChI is InChI=1S/C21H21NO/c22-16-21(17-9-3-1-4-10-17,18-11-5-2-6-12-18)19-13-7-8-14-20(23)15-19/h1-6,9-12,19H,7-8,13-15H2. The first kappa shape index (κ1) is 15.5. The van der Waals surface area contributed by atoms with Crippen LogP contribution in [0.15, 0.2) is 60.7 Å². The summed E-state index contributed by atoms with van der Waals surface area (Å²) in [6, 6.07) is 22.5. The number of hydrogen-bond donors (Lipinski definition) is 0. The van der Waals surface area contributed by atoms with Crippen LogP contribution in [0.2, 0.25) is 0 Å². The third kappa shape index (κ3) is 2.92. The van der Waals surface area contributed by atoms with Gasteiger partial charge in [-0.25, -0.2) is 0 Å². The molecule has 0 saturated heterocycles. The molecule has 1 fully saturated rings. The van der Waals surface area contributed by atoms with Crippen molar-refractivity contribution in [1.29, 1.82) is 5.26 Å². The van der Waals surface area contributed by atoms with Crippen molar-refractivity contribution in [1.82, 2.24) is 0 Å². The van der Waals surface area contributed by atoms with Gasteiger partial charge in [-0.15, -0.1) is 0 Å². The molecule has 116 valence electrons. The Bertz CT molecular complexity index is 660. The van der Waals surface area contributed by atoms with Crippen molar-refractivity contribution in [3.63, 3.8) is 0 Å². The first-order chi connectivity index (χ1) is 11.3. The molecule has 0 spiro atoms. The molecule has 0 amide bonds. The number of nitrogens with zero attached hydrogens (tertiary/aromatic N) is 1. The Kier molecular flexibility index (Phi) is 4.57. The summed E-state index contributed by atoms with van der Waals surface area (Å²) in [5.41, 5.74) is 1.24. The topological polar surface area (TPSA) is 40.9 Å². The molecule has 0 heterocycles.